The van der Waals surface area contributed by atoms with Crippen molar-refractivity contribution in [2.75, 3.05) is 43.0 Å². The first-order chi connectivity index (χ1) is 11.6. The quantitative estimate of drug-likeness (QED) is 0.616. The number of imide groups is 1. The number of benzene rings is 1. The van der Waals surface area contributed by atoms with Gasteiger partial charge in [-0.15, -0.1) is 0 Å². The second kappa shape index (κ2) is 6.81. The first kappa shape index (κ1) is 16.2. The van der Waals surface area contributed by atoms with Gasteiger partial charge in [0, 0.05) is 30.5 Å². The van der Waals surface area contributed by atoms with E-state index in [9.17, 15) is 14.4 Å². The Morgan fingerprint density at radius 3 is 2.58 bits per heavy atom. The van der Waals surface area contributed by atoms with Crippen molar-refractivity contribution >= 4 is 29.1 Å². The molecule has 0 bridgehead atoms. The first-order valence-electron chi connectivity index (χ1n) is 7.66. The molecular formula is C16H18N4O4. The SMILES string of the molecule is O=C1C=C(Nc2ccc(N3CCNCC3=O)cc2)C(=O)N1CCO. The number of aliphatic hydroxyl groups is 1. The molecule has 0 radical (unpaired) electrons. The van der Waals surface area contributed by atoms with Crippen LogP contribution in [-0.2, 0) is 14.4 Å². The largest absolute Gasteiger partial charge is 0.395 e. The lowest BCUT2D eigenvalue weighted by atomic mass is 10.2. The molecule has 1 fully saturated rings. The minimum absolute atomic E-state index is 0.0147. The van der Waals surface area contributed by atoms with E-state index < -0.39 is 11.8 Å². The molecule has 0 aromatic heterocycles. The van der Waals surface area contributed by atoms with E-state index in [2.05, 4.69) is 10.6 Å². The number of carbonyl (C=O) groups is 3. The van der Waals surface area contributed by atoms with Crippen LogP contribution < -0.4 is 15.5 Å². The third-order valence-electron chi connectivity index (χ3n) is 3.88. The van der Waals surface area contributed by atoms with Gasteiger partial charge in [-0.3, -0.25) is 19.3 Å². The zero-order chi connectivity index (χ0) is 17.1. The summed E-state index contributed by atoms with van der Waals surface area (Å²) in [5.74, 6) is -0.893. The van der Waals surface area contributed by atoms with Crippen molar-refractivity contribution in [2.24, 2.45) is 0 Å². The van der Waals surface area contributed by atoms with Gasteiger partial charge in [0.25, 0.3) is 11.8 Å². The van der Waals surface area contributed by atoms with Gasteiger partial charge in [-0.05, 0) is 24.3 Å². The van der Waals surface area contributed by atoms with Gasteiger partial charge in [-0.2, -0.15) is 0 Å². The number of piperazine rings is 1. The van der Waals surface area contributed by atoms with Crippen LogP contribution in [-0.4, -0.2) is 60.5 Å². The van der Waals surface area contributed by atoms with E-state index in [0.29, 0.717) is 18.8 Å². The number of aliphatic hydroxyl groups excluding tert-OH is 1. The number of hydrogen-bond donors (Lipinski definition) is 3. The highest BCUT2D eigenvalue weighted by atomic mass is 16.3. The highest BCUT2D eigenvalue weighted by molar-refractivity contribution is 6.17. The Kier molecular flexibility index (Phi) is 4.59. The van der Waals surface area contributed by atoms with Crippen molar-refractivity contribution in [1.82, 2.24) is 10.2 Å². The molecule has 0 saturated carbocycles. The van der Waals surface area contributed by atoms with Crippen molar-refractivity contribution in [3.8, 4) is 0 Å². The molecule has 126 valence electrons. The van der Waals surface area contributed by atoms with Crippen LogP contribution >= 0.6 is 0 Å². The molecule has 1 saturated heterocycles. The summed E-state index contributed by atoms with van der Waals surface area (Å²) in [6.07, 6.45) is 1.21. The Morgan fingerprint density at radius 2 is 1.92 bits per heavy atom. The molecule has 3 N–H and O–H groups in total. The van der Waals surface area contributed by atoms with Crippen LogP contribution in [0.5, 0.6) is 0 Å². The second-order valence-electron chi connectivity index (χ2n) is 5.47. The summed E-state index contributed by atoms with van der Waals surface area (Å²) in [4.78, 5) is 38.3. The lowest BCUT2D eigenvalue weighted by Gasteiger charge is -2.27. The van der Waals surface area contributed by atoms with Crippen LogP contribution in [0.4, 0.5) is 11.4 Å². The van der Waals surface area contributed by atoms with Gasteiger partial charge >= 0.3 is 0 Å². The number of anilines is 2. The molecule has 24 heavy (non-hydrogen) atoms. The predicted molar refractivity (Wildman–Crippen MR) is 87.2 cm³/mol. The van der Waals surface area contributed by atoms with E-state index in [1.165, 1.54) is 6.08 Å². The van der Waals surface area contributed by atoms with Crippen LogP contribution in [0.3, 0.4) is 0 Å². The topological polar surface area (TPSA) is 102 Å². The van der Waals surface area contributed by atoms with E-state index in [1.807, 2.05) is 0 Å². The summed E-state index contributed by atoms with van der Waals surface area (Å²) in [5, 5.41) is 14.8. The fraction of sp³-hybridized carbons (Fsp3) is 0.312. The molecule has 3 rings (SSSR count). The summed E-state index contributed by atoms with van der Waals surface area (Å²) in [6, 6.07) is 7.08. The van der Waals surface area contributed by atoms with Crippen LogP contribution in [0.25, 0.3) is 0 Å². The fourth-order valence-electron chi connectivity index (χ4n) is 2.67. The zero-order valence-electron chi connectivity index (χ0n) is 13.0. The Bertz CT molecular complexity index is 699. The molecule has 0 unspecified atom stereocenters. The summed E-state index contributed by atoms with van der Waals surface area (Å²) in [5.41, 5.74) is 1.59. The van der Waals surface area contributed by atoms with Gasteiger partial charge in [-0.25, -0.2) is 0 Å². The Balaban J connectivity index is 1.69. The molecule has 2 heterocycles. The van der Waals surface area contributed by atoms with Crippen molar-refractivity contribution in [3.63, 3.8) is 0 Å². The molecule has 1 aromatic rings. The van der Waals surface area contributed by atoms with Gasteiger partial charge in [0.15, 0.2) is 0 Å². The summed E-state index contributed by atoms with van der Waals surface area (Å²) in [7, 11) is 0. The van der Waals surface area contributed by atoms with E-state index in [4.69, 9.17) is 5.11 Å². The summed E-state index contributed by atoms with van der Waals surface area (Å²) in [6.45, 7) is 1.38. The van der Waals surface area contributed by atoms with E-state index in [0.717, 1.165) is 17.1 Å². The van der Waals surface area contributed by atoms with Crippen LogP contribution in [0.2, 0.25) is 0 Å². The molecule has 0 atom stereocenters. The van der Waals surface area contributed by atoms with Gasteiger partial charge in [0.1, 0.15) is 5.70 Å². The summed E-state index contributed by atoms with van der Waals surface area (Å²) < 4.78 is 0. The molecule has 0 aliphatic carbocycles. The smallest absolute Gasteiger partial charge is 0.277 e. The number of nitrogens with one attached hydrogen (secondary N) is 2. The average Bonchev–Trinajstić information content (AvgIpc) is 2.84. The molecule has 8 nitrogen and oxygen atoms in total. The first-order valence-corrected chi connectivity index (χ1v) is 7.66. The van der Waals surface area contributed by atoms with Crippen molar-refractivity contribution in [3.05, 3.63) is 36.0 Å². The maximum absolute atomic E-state index is 12.1. The molecule has 1 aromatic carbocycles. The number of rotatable bonds is 5. The van der Waals surface area contributed by atoms with Gasteiger partial charge in [0.05, 0.1) is 19.7 Å². The Morgan fingerprint density at radius 1 is 1.17 bits per heavy atom. The third-order valence-corrected chi connectivity index (χ3v) is 3.88. The average molecular weight is 330 g/mol. The molecule has 2 aliphatic heterocycles. The third kappa shape index (κ3) is 3.15. The van der Waals surface area contributed by atoms with Crippen molar-refractivity contribution in [1.29, 1.82) is 0 Å². The number of hydrogen-bond acceptors (Lipinski definition) is 6. The van der Waals surface area contributed by atoms with Crippen molar-refractivity contribution < 1.29 is 19.5 Å². The minimum Gasteiger partial charge on any atom is -0.395 e. The molecular weight excluding hydrogens is 312 g/mol. The zero-order valence-corrected chi connectivity index (χ0v) is 13.0. The maximum Gasteiger partial charge on any atom is 0.277 e. The number of nitrogens with zero attached hydrogens (tertiary/aromatic N) is 2. The Hall–Kier alpha value is -2.71. The maximum atomic E-state index is 12.1. The highest BCUT2D eigenvalue weighted by Crippen LogP contribution is 2.21. The standard InChI is InChI=1S/C16H18N4O4/c21-8-7-20-14(22)9-13(16(20)24)18-11-1-3-12(4-2-11)19-6-5-17-10-15(19)23/h1-4,9,17-18,21H,5-8,10H2. The summed E-state index contributed by atoms with van der Waals surface area (Å²) >= 11 is 0. The van der Waals surface area contributed by atoms with Crippen LogP contribution in [0.15, 0.2) is 36.0 Å². The van der Waals surface area contributed by atoms with Crippen molar-refractivity contribution in [2.45, 2.75) is 0 Å². The van der Waals surface area contributed by atoms with E-state index in [1.54, 1.807) is 29.2 Å². The predicted octanol–water partition coefficient (Wildman–Crippen LogP) is -0.720. The monoisotopic (exact) mass is 330 g/mol. The minimum atomic E-state index is -0.463. The van der Waals surface area contributed by atoms with Gasteiger partial charge < -0.3 is 20.6 Å². The number of amides is 3. The lowest BCUT2D eigenvalue weighted by molar-refractivity contribution is -0.137. The lowest BCUT2D eigenvalue weighted by Crippen LogP contribution is -2.48. The molecule has 8 heteroatoms. The molecule has 2 aliphatic rings. The number of carbonyl (C=O) groups excluding carboxylic acids is 3. The van der Waals surface area contributed by atoms with E-state index in [-0.39, 0.29) is 24.8 Å². The van der Waals surface area contributed by atoms with Gasteiger partial charge in [-0.1, -0.05) is 0 Å². The number of β-amino-alcohol motifs (C(OH)–C–C–N with tert-alkyl or cyclic N) is 1. The highest BCUT2D eigenvalue weighted by Gasteiger charge is 2.30. The normalized spacial score (nSPS) is 18.2. The second-order valence-corrected chi connectivity index (χ2v) is 5.47. The molecule has 0 spiro atoms. The Labute approximate surface area is 138 Å². The van der Waals surface area contributed by atoms with Gasteiger partial charge in [0.2, 0.25) is 5.91 Å². The van der Waals surface area contributed by atoms with Crippen LogP contribution in [0.1, 0.15) is 0 Å². The van der Waals surface area contributed by atoms with E-state index >= 15 is 0 Å². The van der Waals surface area contributed by atoms with Crippen LogP contribution in [0, 0.1) is 0 Å². The fourth-order valence-corrected chi connectivity index (χ4v) is 2.67. The molecule has 3 amide bonds.